The van der Waals surface area contributed by atoms with E-state index in [4.69, 9.17) is 11.6 Å². The Kier molecular flexibility index (Phi) is 5.43. The first-order valence-electron chi connectivity index (χ1n) is 7.70. The van der Waals surface area contributed by atoms with Gasteiger partial charge >= 0.3 is 0 Å². The third kappa shape index (κ3) is 4.52. The van der Waals surface area contributed by atoms with Crippen LogP contribution in [0, 0.1) is 6.92 Å². The molecule has 3 aromatic rings. The van der Waals surface area contributed by atoms with E-state index < -0.39 is 0 Å². The molecule has 0 bridgehead atoms. The van der Waals surface area contributed by atoms with E-state index in [1.54, 1.807) is 0 Å². The number of nitrogens with zero attached hydrogens (tertiary/aromatic N) is 1. The highest BCUT2D eigenvalue weighted by molar-refractivity contribution is 7.99. The number of rotatable bonds is 6. The van der Waals surface area contributed by atoms with Crippen LogP contribution in [0.2, 0.25) is 5.02 Å². The van der Waals surface area contributed by atoms with E-state index in [-0.39, 0.29) is 5.91 Å². The molecule has 1 heterocycles. The maximum absolute atomic E-state index is 11.9. The van der Waals surface area contributed by atoms with Crippen LogP contribution in [-0.4, -0.2) is 28.2 Å². The molecule has 0 unspecified atom stereocenters. The fraction of sp³-hybridized carbons (Fsp3) is 0.222. The van der Waals surface area contributed by atoms with Gasteiger partial charge in [0.25, 0.3) is 0 Å². The van der Waals surface area contributed by atoms with Crippen LogP contribution in [0.15, 0.2) is 47.6 Å². The van der Waals surface area contributed by atoms with E-state index in [9.17, 15) is 4.79 Å². The van der Waals surface area contributed by atoms with Gasteiger partial charge in [-0.25, -0.2) is 4.98 Å². The summed E-state index contributed by atoms with van der Waals surface area (Å²) in [5.74, 6) is 0.352. The topological polar surface area (TPSA) is 57.8 Å². The zero-order valence-corrected chi connectivity index (χ0v) is 14.9. The molecule has 0 aliphatic rings. The molecule has 2 aromatic carbocycles. The molecule has 0 aliphatic carbocycles. The summed E-state index contributed by atoms with van der Waals surface area (Å²) in [5, 5.41) is 4.41. The number of halogens is 1. The molecular weight excluding hydrogens is 342 g/mol. The zero-order valence-electron chi connectivity index (χ0n) is 13.3. The molecule has 24 heavy (non-hydrogen) atoms. The molecule has 0 spiro atoms. The predicted molar refractivity (Wildman–Crippen MR) is 99.7 cm³/mol. The van der Waals surface area contributed by atoms with Gasteiger partial charge in [0.2, 0.25) is 5.91 Å². The van der Waals surface area contributed by atoms with Crippen LogP contribution in [-0.2, 0) is 11.2 Å². The van der Waals surface area contributed by atoms with Gasteiger partial charge in [-0.2, -0.15) is 0 Å². The lowest BCUT2D eigenvalue weighted by molar-refractivity contribution is -0.118. The lowest BCUT2D eigenvalue weighted by Crippen LogP contribution is -2.27. The number of carbonyl (C=O) groups is 1. The highest BCUT2D eigenvalue weighted by atomic mass is 35.5. The van der Waals surface area contributed by atoms with E-state index in [1.165, 1.54) is 17.3 Å². The number of aromatic amines is 1. The second-order valence-corrected chi connectivity index (χ2v) is 6.98. The van der Waals surface area contributed by atoms with Crippen LogP contribution >= 0.6 is 23.4 Å². The molecule has 0 saturated heterocycles. The highest BCUT2D eigenvalue weighted by Gasteiger charge is 2.07. The Bertz CT molecular complexity index is 845. The van der Waals surface area contributed by atoms with Crippen molar-refractivity contribution in [3.05, 3.63) is 58.6 Å². The summed E-state index contributed by atoms with van der Waals surface area (Å²) in [6.07, 6.45) is 0.789. The second-order valence-electron chi connectivity index (χ2n) is 5.58. The summed E-state index contributed by atoms with van der Waals surface area (Å²) in [7, 11) is 0. The highest BCUT2D eigenvalue weighted by Crippen LogP contribution is 2.20. The van der Waals surface area contributed by atoms with E-state index in [1.807, 2.05) is 43.3 Å². The van der Waals surface area contributed by atoms with Gasteiger partial charge in [-0.1, -0.05) is 41.6 Å². The van der Waals surface area contributed by atoms with Gasteiger partial charge in [-0.05, 0) is 48.7 Å². The summed E-state index contributed by atoms with van der Waals surface area (Å²) in [4.78, 5) is 19.7. The normalized spacial score (nSPS) is 10.9. The Balaban J connectivity index is 1.45. The van der Waals surface area contributed by atoms with E-state index in [0.717, 1.165) is 33.2 Å². The molecule has 1 amide bonds. The largest absolute Gasteiger partial charge is 0.355 e. The number of nitrogens with one attached hydrogen (secondary N) is 2. The number of benzene rings is 2. The Morgan fingerprint density at radius 1 is 1.25 bits per heavy atom. The van der Waals surface area contributed by atoms with Crippen molar-refractivity contribution in [1.82, 2.24) is 15.3 Å². The lowest BCUT2D eigenvalue weighted by atomic mass is 10.1. The predicted octanol–water partition coefficient (Wildman–Crippen LogP) is 3.98. The number of hydrogen-bond donors (Lipinski definition) is 2. The number of imidazole rings is 1. The van der Waals surface area contributed by atoms with Crippen molar-refractivity contribution in [2.24, 2.45) is 0 Å². The Hall–Kier alpha value is -1.98. The maximum Gasteiger partial charge on any atom is 0.230 e. The van der Waals surface area contributed by atoms with Crippen molar-refractivity contribution in [2.75, 3.05) is 12.3 Å². The van der Waals surface area contributed by atoms with Crippen LogP contribution in [0.4, 0.5) is 0 Å². The smallest absolute Gasteiger partial charge is 0.230 e. The Morgan fingerprint density at radius 2 is 2.04 bits per heavy atom. The molecule has 1 aromatic heterocycles. The Morgan fingerprint density at radius 3 is 2.83 bits per heavy atom. The summed E-state index contributed by atoms with van der Waals surface area (Å²) in [6.45, 7) is 2.65. The SMILES string of the molecule is Cc1ccc2nc(SCC(=O)NCCc3ccc(Cl)cc3)[nH]c2c1. The number of hydrogen-bond acceptors (Lipinski definition) is 3. The van der Waals surface area contributed by atoms with Crippen LogP contribution in [0.1, 0.15) is 11.1 Å². The molecule has 0 aliphatic heterocycles. The quantitative estimate of drug-likeness (QED) is 0.654. The van der Waals surface area contributed by atoms with E-state index in [0.29, 0.717) is 12.3 Å². The van der Waals surface area contributed by atoms with Crippen LogP contribution in [0.25, 0.3) is 11.0 Å². The second kappa shape index (κ2) is 7.73. The average Bonchev–Trinajstić information content (AvgIpc) is 2.97. The van der Waals surface area contributed by atoms with Crippen molar-refractivity contribution >= 4 is 40.3 Å². The fourth-order valence-electron chi connectivity index (χ4n) is 2.35. The number of aromatic nitrogens is 2. The average molecular weight is 360 g/mol. The van der Waals surface area contributed by atoms with Gasteiger partial charge in [-0.3, -0.25) is 4.79 Å². The minimum absolute atomic E-state index is 0.00519. The van der Waals surface area contributed by atoms with Crippen molar-refractivity contribution in [2.45, 2.75) is 18.5 Å². The molecule has 3 rings (SSSR count). The molecule has 6 heteroatoms. The lowest BCUT2D eigenvalue weighted by Gasteiger charge is -2.04. The third-order valence-corrected chi connectivity index (χ3v) is 4.73. The summed E-state index contributed by atoms with van der Waals surface area (Å²) >= 11 is 7.26. The van der Waals surface area contributed by atoms with Gasteiger partial charge in [0.15, 0.2) is 5.16 Å². The standard InChI is InChI=1S/C18H18ClN3OS/c1-12-2-7-15-16(10-12)22-18(21-15)24-11-17(23)20-9-8-13-3-5-14(19)6-4-13/h2-7,10H,8-9,11H2,1H3,(H,20,23)(H,21,22). The molecule has 4 nitrogen and oxygen atoms in total. The Labute approximate surface area is 150 Å². The fourth-order valence-corrected chi connectivity index (χ4v) is 3.19. The van der Waals surface area contributed by atoms with Gasteiger partial charge in [0, 0.05) is 11.6 Å². The molecule has 2 N–H and O–H groups in total. The van der Waals surface area contributed by atoms with Gasteiger partial charge in [0.1, 0.15) is 0 Å². The van der Waals surface area contributed by atoms with Gasteiger partial charge < -0.3 is 10.3 Å². The number of fused-ring (bicyclic) bond motifs is 1. The van der Waals surface area contributed by atoms with E-state index >= 15 is 0 Å². The van der Waals surface area contributed by atoms with Crippen molar-refractivity contribution in [3.63, 3.8) is 0 Å². The summed E-state index contributed by atoms with van der Waals surface area (Å²) in [5.41, 5.74) is 4.26. The molecule has 0 atom stereocenters. The van der Waals surface area contributed by atoms with Crippen molar-refractivity contribution in [3.8, 4) is 0 Å². The number of thioether (sulfide) groups is 1. The number of amides is 1. The maximum atomic E-state index is 11.9. The minimum Gasteiger partial charge on any atom is -0.355 e. The monoisotopic (exact) mass is 359 g/mol. The van der Waals surface area contributed by atoms with Gasteiger partial charge in [0.05, 0.1) is 16.8 Å². The number of H-pyrrole nitrogens is 1. The molecular formula is C18H18ClN3OS. The third-order valence-electron chi connectivity index (χ3n) is 3.60. The van der Waals surface area contributed by atoms with Crippen LogP contribution < -0.4 is 5.32 Å². The molecule has 0 saturated carbocycles. The molecule has 0 fully saturated rings. The number of carbonyl (C=O) groups excluding carboxylic acids is 1. The van der Waals surface area contributed by atoms with E-state index in [2.05, 4.69) is 21.4 Å². The zero-order chi connectivity index (χ0) is 16.9. The van der Waals surface area contributed by atoms with Crippen molar-refractivity contribution < 1.29 is 4.79 Å². The van der Waals surface area contributed by atoms with Crippen molar-refractivity contribution in [1.29, 1.82) is 0 Å². The number of aryl methyl sites for hydroxylation is 1. The van der Waals surface area contributed by atoms with Crippen LogP contribution in [0.3, 0.4) is 0 Å². The first-order chi connectivity index (χ1) is 11.6. The minimum atomic E-state index is 0.00519. The van der Waals surface area contributed by atoms with Gasteiger partial charge in [-0.15, -0.1) is 0 Å². The first-order valence-corrected chi connectivity index (χ1v) is 9.07. The first kappa shape index (κ1) is 16.9. The molecule has 124 valence electrons. The summed E-state index contributed by atoms with van der Waals surface area (Å²) < 4.78 is 0. The van der Waals surface area contributed by atoms with Crippen LogP contribution in [0.5, 0.6) is 0 Å². The molecule has 0 radical (unpaired) electrons. The summed E-state index contributed by atoms with van der Waals surface area (Å²) in [6, 6.07) is 13.7.